The minimum Gasteiger partial charge on any atom is -0.496 e. The number of rotatable bonds is 3. The molecule has 2 heterocycles. The van der Waals surface area contributed by atoms with Gasteiger partial charge in [-0.25, -0.2) is 0 Å². The van der Waals surface area contributed by atoms with Crippen LogP contribution in [0.3, 0.4) is 0 Å². The van der Waals surface area contributed by atoms with E-state index in [0.29, 0.717) is 0 Å². The molecule has 94 valence electrons. The third-order valence-corrected chi connectivity index (χ3v) is 3.23. The monoisotopic (exact) mass is 236 g/mol. The van der Waals surface area contributed by atoms with Gasteiger partial charge in [0.05, 0.1) is 26.0 Å². The normalized spacial score (nSPS) is 17.1. The van der Waals surface area contributed by atoms with Crippen LogP contribution in [-0.4, -0.2) is 43.3 Å². The molecule has 0 spiro atoms. The molecule has 4 heteroatoms. The first-order valence-corrected chi connectivity index (χ1v) is 6.01. The van der Waals surface area contributed by atoms with Crippen LogP contribution < -0.4 is 4.74 Å². The van der Waals surface area contributed by atoms with Crippen LogP contribution in [0.25, 0.3) is 0 Å². The number of pyridine rings is 1. The SMILES string of the molecule is COc1c(C)cnc(CN2CCOCC2)c1C. The highest BCUT2D eigenvalue weighted by atomic mass is 16.5. The van der Waals surface area contributed by atoms with E-state index in [0.717, 1.165) is 55.4 Å². The van der Waals surface area contributed by atoms with Gasteiger partial charge in [-0.3, -0.25) is 9.88 Å². The van der Waals surface area contributed by atoms with E-state index in [1.54, 1.807) is 7.11 Å². The van der Waals surface area contributed by atoms with E-state index in [1.165, 1.54) is 0 Å². The Labute approximate surface area is 103 Å². The molecule has 1 aromatic rings. The van der Waals surface area contributed by atoms with Crippen molar-refractivity contribution in [2.24, 2.45) is 0 Å². The molecule has 4 nitrogen and oxygen atoms in total. The number of morpholine rings is 1. The van der Waals surface area contributed by atoms with Crippen molar-refractivity contribution in [3.8, 4) is 5.75 Å². The molecule has 2 rings (SSSR count). The van der Waals surface area contributed by atoms with E-state index >= 15 is 0 Å². The van der Waals surface area contributed by atoms with Crippen molar-refractivity contribution in [3.63, 3.8) is 0 Å². The molecule has 17 heavy (non-hydrogen) atoms. The van der Waals surface area contributed by atoms with Gasteiger partial charge in [0.2, 0.25) is 0 Å². The summed E-state index contributed by atoms with van der Waals surface area (Å²) in [5.74, 6) is 0.961. The van der Waals surface area contributed by atoms with E-state index in [1.807, 2.05) is 13.1 Å². The van der Waals surface area contributed by atoms with Gasteiger partial charge in [-0.15, -0.1) is 0 Å². The van der Waals surface area contributed by atoms with Crippen molar-refractivity contribution < 1.29 is 9.47 Å². The molecule has 0 atom stereocenters. The van der Waals surface area contributed by atoms with Gasteiger partial charge in [-0.05, 0) is 13.8 Å². The molecule has 1 aromatic heterocycles. The summed E-state index contributed by atoms with van der Waals surface area (Å²) in [7, 11) is 1.72. The number of hydrogen-bond donors (Lipinski definition) is 0. The first-order chi connectivity index (χ1) is 8.22. The maximum absolute atomic E-state index is 5.42. The largest absolute Gasteiger partial charge is 0.496 e. The fourth-order valence-corrected chi connectivity index (χ4v) is 2.20. The maximum Gasteiger partial charge on any atom is 0.128 e. The minimum atomic E-state index is 0.821. The van der Waals surface area contributed by atoms with Gasteiger partial charge in [0, 0.05) is 37.0 Å². The lowest BCUT2D eigenvalue weighted by Crippen LogP contribution is -2.36. The fraction of sp³-hybridized carbons (Fsp3) is 0.615. The summed E-state index contributed by atoms with van der Waals surface area (Å²) in [6.45, 7) is 8.59. The van der Waals surface area contributed by atoms with Gasteiger partial charge < -0.3 is 9.47 Å². The Morgan fingerprint density at radius 3 is 2.71 bits per heavy atom. The van der Waals surface area contributed by atoms with Crippen molar-refractivity contribution in [1.29, 1.82) is 0 Å². The number of hydrogen-bond acceptors (Lipinski definition) is 4. The Balaban J connectivity index is 2.15. The summed E-state index contributed by atoms with van der Waals surface area (Å²) < 4.78 is 10.8. The van der Waals surface area contributed by atoms with Crippen LogP contribution in [-0.2, 0) is 11.3 Å². The van der Waals surface area contributed by atoms with Crippen molar-refractivity contribution >= 4 is 0 Å². The molecule has 0 radical (unpaired) electrons. The third kappa shape index (κ3) is 2.76. The van der Waals surface area contributed by atoms with Crippen LogP contribution in [0.15, 0.2) is 6.20 Å². The summed E-state index contributed by atoms with van der Waals surface area (Å²) in [6.07, 6.45) is 1.89. The molecule has 1 fully saturated rings. The second-order valence-electron chi connectivity index (χ2n) is 4.43. The van der Waals surface area contributed by atoms with Gasteiger partial charge in [0.1, 0.15) is 5.75 Å². The number of aromatic nitrogens is 1. The predicted molar refractivity (Wildman–Crippen MR) is 66.4 cm³/mol. The van der Waals surface area contributed by atoms with Crippen LogP contribution >= 0.6 is 0 Å². The summed E-state index contributed by atoms with van der Waals surface area (Å²) in [6, 6.07) is 0. The van der Waals surface area contributed by atoms with E-state index < -0.39 is 0 Å². The van der Waals surface area contributed by atoms with Gasteiger partial charge in [0.15, 0.2) is 0 Å². The molecule has 0 aromatic carbocycles. The minimum absolute atomic E-state index is 0.821. The topological polar surface area (TPSA) is 34.6 Å². The first-order valence-electron chi connectivity index (χ1n) is 6.01. The van der Waals surface area contributed by atoms with E-state index in [4.69, 9.17) is 9.47 Å². The predicted octanol–water partition coefficient (Wildman–Crippen LogP) is 1.54. The van der Waals surface area contributed by atoms with Crippen LogP contribution in [0.4, 0.5) is 0 Å². The van der Waals surface area contributed by atoms with E-state index in [9.17, 15) is 0 Å². The Kier molecular flexibility index (Phi) is 3.97. The van der Waals surface area contributed by atoms with Crippen LogP contribution in [0.2, 0.25) is 0 Å². The lowest BCUT2D eigenvalue weighted by atomic mass is 10.1. The van der Waals surface area contributed by atoms with Crippen molar-refractivity contribution in [2.45, 2.75) is 20.4 Å². The fourth-order valence-electron chi connectivity index (χ4n) is 2.20. The Morgan fingerprint density at radius 1 is 1.35 bits per heavy atom. The molecule has 0 unspecified atom stereocenters. The van der Waals surface area contributed by atoms with E-state index in [-0.39, 0.29) is 0 Å². The average Bonchev–Trinajstić information content (AvgIpc) is 2.35. The third-order valence-electron chi connectivity index (χ3n) is 3.23. The van der Waals surface area contributed by atoms with Crippen LogP contribution in [0, 0.1) is 13.8 Å². The highest BCUT2D eigenvalue weighted by Crippen LogP contribution is 2.24. The highest BCUT2D eigenvalue weighted by Gasteiger charge is 2.15. The van der Waals surface area contributed by atoms with Gasteiger partial charge >= 0.3 is 0 Å². The Morgan fingerprint density at radius 2 is 2.06 bits per heavy atom. The molecule has 1 saturated heterocycles. The summed E-state index contributed by atoms with van der Waals surface area (Å²) in [5.41, 5.74) is 3.35. The average molecular weight is 236 g/mol. The summed E-state index contributed by atoms with van der Waals surface area (Å²) >= 11 is 0. The van der Waals surface area contributed by atoms with Gasteiger partial charge in [-0.1, -0.05) is 0 Å². The smallest absolute Gasteiger partial charge is 0.128 e. The number of nitrogens with zero attached hydrogens (tertiary/aromatic N) is 2. The molecule has 0 saturated carbocycles. The maximum atomic E-state index is 5.42. The zero-order valence-electron chi connectivity index (χ0n) is 10.8. The summed E-state index contributed by atoms with van der Waals surface area (Å²) in [4.78, 5) is 6.89. The molecular weight excluding hydrogens is 216 g/mol. The molecular formula is C13H20N2O2. The van der Waals surface area contributed by atoms with Crippen molar-refractivity contribution in [3.05, 3.63) is 23.0 Å². The summed E-state index contributed by atoms with van der Waals surface area (Å²) in [5, 5.41) is 0. The number of ether oxygens (including phenoxy) is 2. The van der Waals surface area contributed by atoms with E-state index in [2.05, 4.69) is 16.8 Å². The highest BCUT2D eigenvalue weighted by molar-refractivity contribution is 5.41. The van der Waals surface area contributed by atoms with Crippen molar-refractivity contribution in [2.75, 3.05) is 33.4 Å². The van der Waals surface area contributed by atoms with Crippen LogP contribution in [0.5, 0.6) is 5.75 Å². The quantitative estimate of drug-likeness (QED) is 0.797. The lowest BCUT2D eigenvalue weighted by Gasteiger charge is -2.27. The molecule has 1 aliphatic rings. The standard InChI is InChI=1S/C13H20N2O2/c1-10-8-14-12(11(2)13(10)16-3)9-15-4-6-17-7-5-15/h8H,4-7,9H2,1-3H3. The molecule has 0 bridgehead atoms. The van der Waals surface area contributed by atoms with Gasteiger partial charge in [0.25, 0.3) is 0 Å². The Bertz CT molecular complexity index is 387. The van der Waals surface area contributed by atoms with Crippen molar-refractivity contribution in [1.82, 2.24) is 9.88 Å². The number of aryl methyl sites for hydroxylation is 1. The molecule has 0 aliphatic carbocycles. The van der Waals surface area contributed by atoms with Gasteiger partial charge in [-0.2, -0.15) is 0 Å². The molecule has 0 N–H and O–H groups in total. The zero-order valence-corrected chi connectivity index (χ0v) is 10.8. The Hall–Kier alpha value is -1.13. The first kappa shape index (κ1) is 12.3. The second-order valence-corrected chi connectivity index (χ2v) is 4.43. The number of methoxy groups -OCH3 is 1. The second kappa shape index (κ2) is 5.47. The van der Waals surface area contributed by atoms with Crippen LogP contribution in [0.1, 0.15) is 16.8 Å². The zero-order chi connectivity index (χ0) is 12.3. The molecule has 1 aliphatic heterocycles. The lowest BCUT2D eigenvalue weighted by molar-refractivity contribution is 0.0335. The molecule has 0 amide bonds.